The number of hydrogen-bond acceptors (Lipinski definition) is 3. The lowest BCUT2D eigenvalue weighted by atomic mass is 10.3. The van der Waals surface area contributed by atoms with E-state index in [0.29, 0.717) is 6.54 Å². The van der Waals surface area contributed by atoms with Crippen LogP contribution in [0.3, 0.4) is 0 Å². The van der Waals surface area contributed by atoms with E-state index in [-0.39, 0.29) is 0 Å². The van der Waals surface area contributed by atoms with Gasteiger partial charge in [0.25, 0.3) is 0 Å². The fourth-order valence-electron chi connectivity index (χ4n) is 1.52. The summed E-state index contributed by atoms with van der Waals surface area (Å²) in [6.07, 6.45) is 2.41. The molecule has 0 aromatic rings. The molecule has 0 aromatic heterocycles. The molecule has 0 unspecified atom stereocenters. The molecule has 4 nitrogen and oxygen atoms in total. The lowest BCUT2D eigenvalue weighted by Gasteiger charge is -2.19. The van der Waals surface area contributed by atoms with E-state index < -0.39 is 12.0 Å². The van der Waals surface area contributed by atoms with Crippen LogP contribution in [0.1, 0.15) is 12.8 Å². The maximum atomic E-state index is 10.6. The second-order valence-corrected chi connectivity index (χ2v) is 3.19. The van der Waals surface area contributed by atoms with Gasteiger partial charge in [0.15, 0.2) is 0 Å². The van der Waals surface area contributed by atoms with E-state index in [1.807, 2.05) is 0 Å². The highest BCUT2D eigenvalue weighted by atomic mass is 16.4. The molecule has 1 fully saturated rings. The molecule has 1 saturated heterocycles. The molecule has 70 valence electrons. The van der Waals surface area contributed by atoms with Crippen LogP contribution in [0.5, 0.6) is 0 Å². The minimum atomic E-state index is -0.760. The average molecular weight is 172 g/mol. The van der Waals surface area contributed by atoms with Crippen molar-refractivity contribution in [3.05, 3.63) is 0 Å². The van der Waals surface area contributed by atoms with Crippen LogP contribution in [0.4, 0.5) is 0 Å². The number of nitrogens with zero attached hydrogens (tertiary/aromatic N) is 1. The second-order valence-electron chi connectivity index (χ2n) is 3.19. The van der Waals surface area contributed by atoms with Gasteiger partial charge in [0.05, 0.1) is 0 Å². The zero-order valence-corrected chi connectivity index (χ0v) is 7.42. The summed E-state index contributed by atoms with van der Waals surface area (Å²) in [6.45, 7) is 2.72. The normalized spacial score (nSPS) is 21.1. The molecule has 0 saturated carbocycles. The Balaban J connectivity index is 2.30. The summed E-state index contributed by atoms with van der Waals surface area (Å²) >= 11 is 0. The summed E-state index contributed by atoms with van der Waals surface area (Å²) in [6, 6.07) is -0.414. The number of hydrogen-bond donors (Lipinski definition) is 2. The van der Waals surface area contributed by atoms with Crippen molar-refractivity contribution < 1.29 is 9.90 Å². The van der Waals surface area contributed by atoms with Gasteiger partial charge in [-0.15, -0.1) is 0 Å². The van der Waals surface area contributed by atoms with E-state index in [1.165, 1.54) is 12.8 Å². The largest absolute Gasteiger partial charge is 0.480 e. The van der Waals surface area contributed by atoms with E-state index in [4.69, 9.17) is 5.11 Å². The second kappa shape index (κ2) is 4.42. The third-order valence-electron chi connectivity index (χ3n) is 2.29. The molecule has 0 radical (unpaired) electrons. The Bertz CT molecular complexity index is 155. The summed E-state index contributed by atoms with van der Waals surface area (Å²) in [5, 5.41) is 11.5. The molecule has 1 rings (SSSR count). The highest BCUT2D eigenvalue weighted by Gasteiger charge is 2.20. The van der Waals surface area contributed by atoms with E-state index in [9.17, 15) is 4.79 Å². The van der Waals surface area contributed by atoms with Gasteiger partial charge >= 0.3 is 5.97 Å². The summed E-state index contributed by atoms with van der Waals surface area (Å²) in [5.74, 6) is -0.760. The number of nitrogens with one attached hydrogen (secondary N) is 1. The molecule has 4 heteroatoms. The Morgan fingerprint density at radius 3 is 2.58 bits per heavy atom. The minimum absolute atomic E-state index is 0.414. The summed E-state index contributed by atoms with van der Waals surface area (Å²) in [7, 11) is 1.69. The summed E-state index contributed by atoms with van der Waals surface area (Å²) in [4.78, 5) is 12.8. The van der Waals surface area contributed by atoms with Crippen LogP contribution in [0.2, 0.25) is 0 Å². The van der Waals surface area contributed by atoms with Gasteiger partial charge in [-0.2, -0.15) is 0 Å². The van der Waals surface area contributed by atoms with Crippen LogP contribution in [0.15, 0.2) is 0 Å². The van der Waals surface area contributed by atoms with E-state index in [1.54, 1.807) is 7.05 Å². The predicted molar refractivity (Wildman–Crippen MR) is 46.2 cm³/mol. The zero-order valence-electron chi connectivity index (χ0n) is 7.42. The molecule has 1 atom stereocenters. The maximum absolute atomic E-state index is 10.6. The number of likely N-dealkylation sites (tertiary alicyclic amines) is 1. The molecule has 1 aliphatic heterocycles. The van der Waals surface area contributed by atoms with Gasteiger partial charge in [0.2, 0.25) is 0 Å². The monoisotopic (exact) mass is 172 g/mol. The van der Waals surface area contributed by atoms with Crippen molar-refractivity contribution in [3.8, 4) is 0 Å². The van der Waals surface area contributed by atoms with Crippen LogP contribution in [0, 0.1) is 0 Å². The van der Waals surface area contributed by atoms with E-state index in [2.05, 4.69) is 10.2 Å². The van der Waals surface area contributed by atoms with Crippen LogP contribution < -0.4 is 5.32 Å². The predicted octanol–water partition coefficient (Wildman–Crippen LogP) is -0.245. The standard InChI is InChI=1S/C8H16N2O2/c1-9-7(8(11)12)6-10-4-2-3-5-10/h7,9H,2-6H2,1H3,(H,11,12)/t7-/m1/s1. The Kier molecular flexibility index (Phi) is 3.49. The first-order valence-electron chi connectivity index (χ1n) is 4.36. The van der Waals surface area contributed by atoms with Gasteiger partial charge in [-0.25, -0.2) is 0 Å². The molecule has 0 aliphatic carbocycles. The first-order chi connectivity index (χ1) is 5.74. The maximum Gasteiger partial charge on any atom is 0.322 e. The topological polar surface area (TPSA) is 52.6 Å². The third-order valence-corrected chi connectivity index (χ3v) is 2.29. The highest BCUT2D eigenvalue weighted by molar-refractivity contribution is 5.73. The van der Waals surface area contributed by atoms with Gasteiger partial charge in [0, 0.05) is 6.54 Å². The van der Waals surface area contributed by atoms with Crippen LogP contribution >= 0.6 is 0 Å². The number of carboxylic acid groups (broad SMARTS) is 1. The van der Waals surface area contributed by atoms with Crippen molar-refractivity contribution in [3.63, 3.8) is 0 Å². The Labute approximate surface area is 72.6 Å². The Morgan fingerprint density at radius 1 is 1.58 bits per heavy atom. The van der Waals surface area contributed by atoms with Gasteiger partial charge in [-0.05, 0) is 33.0 Å². The van der Waals surface area contributed by atoms with Crippen molar-refractivity contribution >= 4 is 5.97 Å². The minimum Gasteiger partial charge on any atom is -0.480 e. The first-order valence-corrected chi connectivity index (χ1v) is 4.36. The van der Waals surface area contributed by atoms with Gasteiger partial charge in [-0.1, -0.05) is 0 Å². The van der Waals surface area contributed by atoms with Crippen molar-refractivity contribution in [2.24, 2.45) is 0 Å². The number of aliphatic carboxylic acids is 1. The van der Waals surface area contributed by atoms with Gasteiger partial charge < -0.3 is 15.3 Å². The SMILES string of the molecule is CN[C@H](CN1CCCC1)C(=O)O. The van der Waals surface area contributed by atoms with Crippen molar-refractivity contribution in [1.29, 1.82) is 0 Å². The average Bonchev–Trinajstić information content (AvgIpc) is 2.51. The number of rotatable bonds is 4. The number of carbonyl (C=O) groups is 1. The van der Waals surface area contributed by atoms with Crippen LogP contribution in [-0.4, -0.2) is 48.7 Å². The fourth-order valence-corrected chi connectivity index (χ4v) is 1.52. The molecule has 0 spiro atoms. The zero-order chi connectivity index (χ0) is 8.97. The summed E-state index contributed by atoms with van der Waals surface area (Å²) < 4.78 is 0. The molecular weight excluding hydrogens is 156 g/mol. The lowest BCUT2D eigenvalue weighted by Crippen LogP contribution is -2.43. The van der Waals surface area contributed by atoms with Crippen LogP contribution in [0.25, 0.3) is 0 Å². The van der Waals surface area contributed by atoms with Crippen molar-refractivity contribution in [1.82, 2.24) is 10.2 Å². The first kappa shape index (κ1) is 9.48. The fraction of sp³-hybridized carbons (Fsp3) is 0.875. The lowest BCUT2D eigenvalue weighted by molar-refractivity contribution is -0.139. The molecular formula is C8H16N2O2. The molecule has 0 aromatic carbocycles. The Morgan fingerprint density at radius 2 is 2.17 bits per heavy atom. The third kappa shape index (κ3) is 2.46. The highest BCUT2D eigenvalue weighted by Crippen LogP contribution is 2.07. The molecule has 12 heavy (non-hydrogen) atoms. The van der Waals surface area contributed by atoms with Gasteiger partial charge in [-0.3, -0.25) is 4.79 Å². The smallest absolute Gasteiger partial charge is 0.322 e. The molecule has 0 bridgehead atoms. The van der Waals surface area contributed by atoms with Crippen LogP contribution in [-0.2, 0) is 4.79 Å². The number of likely N-dealkylation sites (N-methyl/N-ethyl adjacent to an activating group) is 1. The molecule has 0 amide bonds. The van der Waals surface area contributed by atoms with E-state index in [0.717, 1.165) is 13.1 Å². The molecule has 1 aliphatic rings. The van der Waals surface area contributed by atoms with Gasteiger partial charge in [0.1, 0.15) is 6.04 Å². The van der Waals surface area contributed by atoms with Crippen molar-refractivity contribution in [2.75, 3.05) is 26.7 Å². The Hall–Kier alpha value is -0.610. The quantitative estimate of drug-likeness (QED) is 0.614. The van der Waals surface area contributed by atoms with E-state index >= 15 is 0 Å². The number of carboxylic acids is 1. The van der Waals surface area contributed by atoms with Crippen molar-refractivity contribution in [2.45, 2.75) is 18.9 Å². The molecule has 1 heterocycles. The summed E-state index contributed by atoms with van der Waals surface area (Å²) in [5.41, 5.74) is 0. The molecule has 2 N–H and O–H groups in total.